The summed E-state index contributed by atoms with van der Waals surface area (Å²) in [4.78, 5) is 2.61. The minimum Gasteiger partial charge on any atom is -0.0622 e. The van der Waals surface area contributed by atoms with Crippen LogP contribution in [0.3, 0.4) is 0 Å². The van der Waals surface area contributed by atoms with Crippen LogP contribution in [0.15, 0.2) is 91.0 Å². The Kier molecular flexibility index (Phi) is 4.82. The van der Waals surface area contributed by atoms with Gasteiger partial charge in [0.2, 0.25) is 0 Å². The van der Waals surface area contributed by atoms with Gasteiger partial charge in [0, 0.05) is 11.6 Å². The quantitative estimate of drug-likeness (QED) is 0.260. The van der Waals surface area contributed by atoms with E-state index in [0.29, 0.717) is 0 Å². The van der Waals surface area contributed by atoms with Gasteiger partial charge in [0.25, 0.3) is 4.88 Å². The normalized spacial score (nSPS) is 11.0. The van der Waals surface area contributed by atoms with E-state index in [0.717, 1.165) is 0 Å². The molecule has 0 aliphatic carbocycles. The first-order valence-corrected chi connectivity index (χ1v) is 10.4. The van der Waals surface area contributed by atoms with E-state index in [-0.39, 0.29) is 0 Å². The van der Waals surface area contributed by atoms with Gasteiger partial charge in [-0.3, -0.25) is 0 Å². The van der Waals surface area contributed by atoms with E-state index in [4.69, 9.17) is 0 Å². The largest absolute Gasteiger partial charge is 0.301 e. The van der Waals surface area contributed by atoms with Gasteiger partial charge in [-0.15, -0.1) is 0 Å². The summed E-state index contributed by atoms with van der Waals surface area (Å²) in [6.45, 7) is 0. The molecule has 1 aromatic heterocycles. The lowest BCUT2D eigenvalue weighted by Crippen LogP contribution is -1.77. The van der Waals surface area contributed by atoms with Crippen LogP contribution < -0.4 is 0 Å². The van der Waals surface area contributed by atoms with Crippen LogP contribution in [0.4, 0.5) is 0 Å². The van der Waals surface area contributed by atoms with Crippen molar-refractivity contribution in [2.75, 3.05) is 0 Å². The maximum absolute atomic E-state index is 2.26. The Bertz CT molecular complexity index is 966. The highest BCUT2D eigenvalue weighted by Gasteiger charge is 2.13. The molecule has 0 aliphatic heterocycles. The molecule has 25 heavy (non-hydrogen) atoms. The Hall–Kier alpha value is -2.55. The van der Waals surface area contributed by atoms with Gasteiger partial charge in [-0.25, -0.2) is 0 Å². The smallest absolute Gasteiger partial charge is 0.0622 e. The van der Waals surface area contributed by atoms with Crippen molar-refractivity contribution in [2.24, 2.45) is 0 Å². The molecule has 4 aromatic rings. The van der Waals surface area contributed by atoms with E-state index >= 15 is 0 Å². The summed E-state index contributed by atoms with van der Waals surface area (Å²) in [5.74, 6) is 0. The average molecular weight is 358 g/mol. The first kappa shape index (κ1) is 15.9. The third kappa shape index (κ3) is 3.93. The molecule has 0 radical (unpaired) electrons. The fourth-order valence-electron chi connectivity index (χ4n) is 2.68. The molecule has 0 amide bonds. The van der Waals surface area contributed by atoms with Crippen LogP contribution in [0.5, 0.6) is 0 Å². The molecular formula is C23H17S2+. The fraction of sp³-hybridized carbons (Fsp3) is 0. The topological polar surface area (TPSA) is 0 Å². The molecule has 0 N–H and O–H groups in total. The van der Waals surface area contributed by atoms with Crippen molar-refractivity contribution in [1.29, 1.82) is 0 Å². The van der Waals surface area contributed by atoms with E-state index < -0.39 is 0 Å². The molecule has 0 aliphatic rings. The molecule has 0 saturated heterocycles. The van der Waals surface area contributed by atoms with Crippen LogP contribution >= 0.6 is 20.7 Å². The predicted octanol–water partition coefficient (Wildman–Crippen LogP) is 7.60. The third-order valence-electron chi connectivity index (χ3n) is 4.02. The second kappa shape index (κ2) is 7.56. The lowest BCUT2D eigenvalue weighted by Gasteiger charge is -2.01. The van der Waals surface area contributed by atoms with E-state index in [1.807, 2.05) is 26.7 Å². The van der Waals surface area contributed by atoms with E-state index in [1.165, 1.54) is 32.0 Å². The summed E-state index contributed by atoms with van der Waals surface area (Å²) in [5, 5.41) is 0. The van der Waals surface area contributed by atoms with Crippen molar-refractivity contribution < 1.29 is 0 Å². The van der Waals surface area contributed by atoms with Crippen LogP contribution in [0.25, 0.3) is 33.7 Å². The van der Waals surface area contributed by atoms with Gasteiger partial charge in [0.15, 0.2) is 10.3 Å². The maximum atomic E-state index is 2.26. The zero-order valence-electron chi connectivity index (χ0n) is 13.6. The number of hydrogen-bond acceptors (Lipinski definition) is 1. The Labute approximate surface area is 155 Å². The summed E-state index contributed by atoms with van der Waals surface area (Å²) in [6, 6.07) is 32.0. The monoisotopic (exact) mass is 357 g/mol. The SMILES string of the molecule is C(=C\c1cc(-c2ccccc2)[s+]s1)/c1ccc(-c2ccccc2)cc1. The Morgan fingerprint density at radius 1 is 0.600 bits per heavy atom. The molecule has 2 heteroatoms. The number of benzene rings is 3. The van der Waals surface area contributed by atoms with Gasteiger partial charge in [0.1, 0.15) is 0 Å². The van der Waals surface area contributed by atoms with E-state index in [1.54, 1.807) is 0 Å². The van der Waals surface area contributed by atoms with Crippen molar-refractivity contribution in [3.8, 4) is 21.6 Å². The predicted molar refractivity (Wildman–Crippen MR) is 113 cm³/mol. The second-order valence-corrected chi connectivity index (χ2v) is 8.01. The highest BCUT2D eigenvalue weighted by molar-refractivity contribution is 7.71. The molecule has 0 nitrogen and oxygen atoms in total. The molecule has 1 heterocycles. The van der Waals surface area contributed by atoms with Gasteiger partial charge < -0.3 is 0 Å². The molecule has 0 fully saturated rings. The summed E-state index contributed by atoms with van der Waals surface area (Å²) >= 11 is 0. The third-order valence-corrected chi connectivity index (χ3v) is 6.45. The molecule has 0 unspecified atom stereocenters. The van der Waals surface area contributed by atoms with E-state index in [9.17, 15) is 0 Å². The summed E-state index contributed by atoms with van der Waals surface area (Å²) in [7, 11) is 3.65. The Balaban J connectivity index is 1.50. The molecule has 3 aromatic carbocycles. The number of hydrogen-bond donors (Lipinski definition) is 0. The molecule has 0 spiro atoms. The van der Waals surface area contributed by atoms with Crippen molar-refractivity contribution >= 4 is 32.8 Å². The zero-order chi connectivity index (χ0) is 16.9. The summed E-state index contributed by atoms with van der Waals surface area (Å²) < 4.78 is 0. The molecule has 0 bridgehead atoms. The Morgan fingerprint density at radius 2 is 1.20 bits per heavy atom. The second-order valence-electron chi connectivity index (χ2n) is 5.77. The average Bonchev–Trinajstić information content (AvgIpc) is 3.17. The molecule has 4 rings (SSSR count). The van der Waals surface area contributed by atoms with Gasteiger partial charge in [-0.05, 0) is 34.9 Å². The Morgan fingerprint density at radius 3 is 1.88 bits per heavy atom. The number of rotatable bonds is 4. The van der Waals surface area contributed by atoms with Crippen LogP contribution in [-0.4, -0.2) is 0 Å². The van der Waals surface area contributed by atoms with Crippen molar-refractivity contribution in [1.82, 2.24) is 0 Å². The highest BCUT2D eigenvalue weighted by Crippen LogP contribution is 2.32. The van der Waals surface area contributed by atoms with Crippen molar-refractivity contribution in [3.63, 3.8) is 0 Å². The van der Waals surface area contributed by atoms with E-state index in [2.05, 4.69) is 97.1 Å². The van der Waals surface area contributed by atoms with Gasteiger partial charge in [0.05, 0.1) is 4.88 Å². The lowest BCUT2D eigenvalue weighted by atomic mass is 10.0. The highest BCUT2D eigenvalue weighted by atomic mass is 32.9. The van der Waals surface area contributed by atoms with Crippen LogP contribution in [0.2, 0.25) is 0 Å². The standard InChI is InChI=1S/C23H17S2/c1-3-7-19(8-4-1)20-14-11-18(12-15-20)13-16-22-17-23(25-24-22)21-9-5-2-6-10-21/h1-17H/q+1/b16-13+. The van der Waals surface area contributed by atoms with Gasteiger partial charge in [-0.2, -0.15) is 0 Å². The van der Waals surface area contributed by atoms with Crippen molar-refractivity contribution in [3.05, 3.63) is 101 Å². The first-order chi connectivity index (χ1) is 12.4. The summed E-state index contributed by atoms with van der Waals surface area (Å²) in [6.07, 6.45) is 4.38. The minimum atomic E-state index is 1.22. The minimum absolute atomic E-state index is 1.22. The lowest BCUT2D eigenvalue weighted by molar-refractivity contribution is 1.60. The van der Waals surface area contributed by atoms with Crippen molar-refractivity contribution in [2.45, 2.75) is 0 Å². The van der Waals surface area contributed by atoms with Gasteiger partial charge >= 0.3 is 10.3 Å². The molecule has 120 valence electrons. The maximum Gasteiger partial charge on any atom is 0.301 e. The zero-order valence-corrected chi connectivity index (χ0v) is 15.3. The van der Waals surface area contributed by atoms with Gasteiger partial charge in [-0.1, -0.05) is 78.9 Å². The van der Waals surface area contributed by atoms with Crippen LogP contribution in [0.1, 0.15) is 10.4 Å². The van der Waals surface area contributed by atoms with Crippen LogP contribution in [0, 0.1) is 0 Å². The molecular weight excluding hydrogens is 340 g/mol. The fourth-order valence-corrected chi connectivity index (χ4v) is 4.94. The van der Waals surface area contributed by atoms with Crippen LogP contribution in [-0.2, 0) is 0 Å². The summed E-state index contributed by atoms with van der Waals surface area (Å²) in [5.41, 5.74) is 5.02. The molecule has 0 saturated carbocycles. The first-order valence-electron chi connectivity index (χ1n) is 8.21. The molecule has 0 atom stereocenters.